The molecule has 7 heteroatoms. The molecule has 2 N–H and O–H groups in total. The van der Waals surface area contributed by atoms with E-state index in [1.807, 2.05) is 20.8 Å². The summed E-state index contributed by atoms with van der Waals surface area (Å²) in [5, 5.41) is 15.8. The number of nitrogens with one attached hydrogen (secondary N) is 1. The average Bonchev–Trinajstić information content (AvgIpc) is 3.02. The maximum absolute atomic E-state index is 12.0. The molecule has 0 aliphatic heterocycles. The number of nitrogens with zero attached hydrogens (tertiary/aromatic N) is 2. The van der Waals surface area contributed by atoms with Crippen LogP contribution in [0, 0.1) is 0 Å². The largest absolute Gasteiger partial charge is 0.479 e. The van der Waals surface area contributed by atoms with Crippen molar-refractivity contribution in [1.82, 2.24) is 15.5 Å². The molecule has 2 rings (SSSR count). The second-order valence-electron chi connectivity index (χ2n) is 6.86. The Balaban J connectivity index is 1.85. The highest BCUT2D eigenvalue weighted by atomic mass is 16.5. The van der Waals surface area contributed by atoms with Gasteiger partial charge in [-0.15, -0.1) is 0 Å². The van der Waals surface area contributed by atoms with E-state index in [2.05, 4.69) is 15.5 Å². The van der Waals surface area contributed by atoms with E-state index in [1.165, 1.54) is 0 Å². The first-order valence-electron chi connectivity index (χ1n) is 8.17. The molecule has 0 spiro atoms. The smallest absolute Gasteiger partial charge is 0.330 e. The summed E-state index contributed by atoms with van der Waals surface area (Å²) in [6, 6.07) is 7.56. The molecule has 25 heavy (non-hydrogen) atoms. The highest BCUT2D eigenvalue weighted by molar-refractivity contribution is 5.84. The lowest BCUT2D eigenvalue weighted by molar-refractivity contribution is -0.142. The molecule has 1 atom stereocenters. The van der Waals surface area contributed by atoms with Gasteiger partial charge in [0.2, 0.25) is 11.8 Å². The van der Waals surface area contributed by atoms with Gasteiger partial charge in [0.1, 0.15) is 0 Å². The molecule has 0 unspecified atom stereocenters. The van der Waals surface area contributed by atoms with Crippen LogP contribution >= 0.6 is 0 Å². The first kappa shape index (κ1) is 18.6. The Morgan fingerprint density at radius 1 is 1.24 bits per heavy atom. The van der Waals surface area contributed by atoms with Gasteiger partial charge in [-0.3, -0.25) is 4.79 Å². The first-order chi connectivity index (χ1) is 11.8. The monoisotopic (exact) mass is 345 g/mol. The van der Waals surface area contributed by atoms with E-state index < -0.39 is 12.0 Å². The quantitative estimate of drug-likeness (QED) is 0.799. The number of rotatable bonds is 7. The lowest BCUT2D eigenvalue weighted by Gasteiger charge is -2.14. The van der Waals surface area contributed by atoms with Crippen molar-refractivity contribution in [3.8, 4) is 0 Å². The predicted molar refractivity (Wildman–Crippen MR) is 90.9 cm³/mol. The van der Waals surface area contributed by atoms with Crippen LogP contribution in [0.2, 0.25) is 0 Å². The summed E-state index contributed by atoms with van der Waals surface area (Å²) in [7, 11) is 0. The molecule has 0 saturated heterocycles. The van der Waals surface area contributed by atoms with Gasteiger partial charge in [-0.2, -0.15) is 4.98 Å². The molecule has 0 aliphatic carbocycles. The van der Waals surface area contributed by atoms with Crippen LogP contribution in [0.15, 0.2) is 34.9 Å². The van der Waals surface area contributed by atoms with Crippen LogP contribution in [0.3, 0.4) is 0 Å². The number of aryl methyl sites for hydroxylation is 1. The molecule has 1 aromatic heterocycles. The Morgan fingerprint density at radius 3 is 2.48 bits per heavy atom. The number of carbonyl (C=O) groups is 2. The van der Waals surface area contributed by atoms with Crippen molar-refractivity contribution in [2.24, 2.45) is 0 Å². The molecule has 1 amide bonds. The van der Waals surface area contributed by atoms with Gasteiger partial charge in [-0.1, -0.05) is 56.3 Å². The van der Waals surface area contributed by atoms with Crippen molar-refractivity contribution in [2.75, 3.05) is 0 Å². The third kappa shape index (κ3) is 5.41. The molecule has 0 saturated carbocycles. The molecule has 0 fully saturated rings. The minimum absolute atomic E-state index is 0.184. The molecule has 0 bridgehead atoms. The fourth-order valence-corrected chi connectivity index (χ4v) is 2.23. The number of benzene rings is 1. The van der Waals surface area contributed by atoms with Gasteiger partial charge in [0, 0.05) is 18.3 Å². The Hall–Kier alpha value is -2.70. The Kier molecular flexibility index (Phi) is 5.90. The topological polar surface area (TPSA) is 105 Å². The van der Waals surface area contributed by atoms with E-state index in [0.29, 0.717) is 30.1 Å². The summed E-state index contributed by atoms with van der Waals surface area (Å²) in [6.07, 6.45) is 1.15. The minimum Gasteiger partial charge on any atom is -0.479 e. The molecule has 1 aromatic carbocycles. The van der Waals surface area contributed by atoms with E-state index >= 15 is 0 Å². The summed E-state index contributed by atoms with van der Waals surface area (Å²) in [5.41, 5.74) is 0.346. The first-order valence-corrected chi connectivity index (χ1v) is 8.17. The van der Waals surface area contributed by atoms with Crippen molar-refractivity contribution in [3.05, 3.63) is 47.6 Å². The van der Waals surface area contributed by atoms with E-state index in [0.717, 1.165) is 0 Å². The number of hydrogen-bond donors (Lipinski definition) is 2. The second kappa shape index (κ2) is 7.92. The zero-order valence-corrected chi connectivity index (χ0v) is 14.7. The molecular weight excluding hydrogens is 322 g/mol. The van der Waals surface area contributed by atoms with Gasteiger partial charge in [-0.05, 0) is 12.0 Å². The van der Waals surface area contributed by atoms with E-state index in [1.54, 1.807) is 30.3 Å². The second-order valence-corrected chi connectivity index (χ2v) is 6.86. The fourth-order valence-electron chi connectivity index (χ4n) is 2.23. The number of carboxylic acid groups (broad SMARTS) is 1. The highest BCUT2D eigenvalue weighted by Gasteiger charge is 2.22. The summed E-state index contributed by atoms with van der Waals surface area (Å²) in [6.45, 7) is 5.97. The third-order valence-electron chi connectivity index (χ3n) is 3.62. The van der Waals surface area contributed by atoms with Gasteiger partial charge in [0.25, 0.3) is 0 Å². The zero-order valence-electron chi connectivity index (χ0n) is 14.7. The summed E-state index contributed by atoms with van der Waals surface area (Å²) >= 11 is 0. The van der Waals surface area contributed by atoms with Crippen LogP contribution in [0.5, 0.6) is 0 Å². The maximum atomic E-state index is 12.0. The van der Waals surface area contributed by atoms with Crippen molar-refractivity contribution in [3.63, 3.8) is 0 Å². The number of amides is 1. The van der Waals surface area contributed by atoms with Crippen LogP contribution in [-0.4, -0.2) is 27.1 Å². The van der Waals surface area contributed by atoms with Crippen molar-refractivity contribution in [1.29, 1.82) is 0 Å². The van der Waals surface area contributed by atoms with E-state index in [4.69, 9.17) is 4.52 Å². The Morgan fingerprint density at radius 2 is 1.92 bits per heavy atom. The van der Waals surface area contributed by atoms with Gasteiger partial charge in [-0.25, -0.2) is 4.79 Å². The van der Waals surface area contributed by atoms with Gasteiger partial charge < -0.3 is 14.9 Å². The zero-order chi connectivity index (χ0) is 18.4. The van der Waals surface area contributed by atoms with Crippen LogP contribution in [0.1, 0.15) is 56.9 Å². The van der Waals surface area contributed by atoms with Crippen molar-refractivity contribution in [2.45, 2.75) is 51.5 Å². The maximum Gasteiger partial charge on any atom is 0.330 e. The SMILES string of the molecule is CC(C)(C)c1noc(CCCC(=O)N[C@H](C(=O)O)c2ccccc2)n1. The molecule has 134 valence electrons. The number of hydrogen-bond acceptors (Lipinski definition) is 5. The van der Waals surface area contributed by atoms with Gasteiger partial charge >= 0.3 is 5.97 Å². The highest BCUT2D eigenvalue weighted by Crippen LogP contribution is 2.19. The van der Waals surface area contributed by atoms with E-state index in [9.17, 15) is 14.7 Å². The standard InChI is InChI=1S/C18H23N3O4/c1-18(2,3)17-20-14(25-21-17)11-7-10-13(22)19-15(16(23)24)12-8-5-4-6-9-12/h4-6,8-9,15H,7,10-11H2,1-3H3,(H,19,22)(H,23,24)/t15-/m0/s1. The van der Waals surface area contributed by atoms with Crippen LogP contribution < -0.4 is 5.32 Å². The normalized spacial score (nSPS) is 12.6. The van der Waals surface area contributed by atoms with Crippen LogP contribution in [-0.2, 0) is 21.4 Å². The van der Waals surface area contributed by atoms with Crippen molar-refractivity contribution >= 4 is 11.9 Å². The number of carbonyl (C=O) groups excluding carboxylic acids is 1. The molecule has 0 aliphatic rings. The molecular formula is C18H23N3O4. The fraction of sp³-hybridized carbons (Fsp3) is 0.444. The minimum atomic E-state index is -1.09. The summed E-state index contributed by atoms with van der Waals surface area (Å²) in [4.78, 5) is 27.7. The lowest BCUT2D eigenvalue weighted by atomic mass is 9.96. The molecule has 2 aromatic rings. The summed E-state index contributed by atoms with van der Waals surface area (Å²) < 4.78 is 5.17. The molecule has 0 radical (unpaired) electrons. The van der Waals surface area contributed by atoms with Gasteiger partial charge in [0.05, 0.1) is 0 Å². The Bertz CT molecular complexity index is 719. The Labute approximate surface area is 146 Å². The summed E-state index contributed by atoms with van der Waals surface area (Å²) in [5.74, 6) is -0.310. The number of aromatic nitrogens is 2. The predicted octanol–water partition coefficient (Wildman–Crippen LogP) is 2.63. The molecule has 7 nitrogen and oxygen atoms in total. The number of aliphatic carboxylic acids is 1. The van der Waals surface area contributed by atoms with E-state index in [-0.39, 0.29) is 17.7 Å². The number of carboxylic acids is 1. The lowest BCUT2D eigenvalue weighted by Crippen LogP contribution is -2.33. The average molecular weight is 345 g/mol. The van der Waals surface area contributed by atoms with Gasteiger partial charge in [0.15, 0.2) is 11.9 Å². The molecule has 1 heterocycles. The van der Waals surface area contributed by atoms with Crippen LogP contribution in [0.25, 0.3) is 0 Å². The third-order valence-corrected chi connectivity index (χ3v) is 3.62. The van der Waals surface area contributed by atoms with Crippen molar-refractivity contribution < 1.29 is 19.2 Å². The van der Waals surface area contributed by atoms with Crippen LogP contribution in [0.4, 0.5) is 0 Å².